The van der Waals surface area contributed by atoms with Gasteiger partial charge in [0.25, 0.3) is 5.89 Å². The zero-order chi connectivity index (χ0) is 18.6. The van der Waals surface area contributed by atoms with Crippen molar-refractivity contribution in [1.82, 2.24) is 24.9 Å². The van der Waals surface area contributed by atoms with Crippen LogP contribution in [0.5, 0.6) is 5.75 Å². The molecule has 1 saturated heterocycles. The fraction of sp³-hybridized carbons (Fsp3) is 0.412. The molecule has 9 nitrogen and oxygen atoms in total. The van der Waals surface area contributed by atoms with Crippen LogP contribution < -0.4 is 10.5 Å². The standard InChI is InChI=1S/C17H20N6O3S.ClH/c1-24-12-5-2-4-11(8-12)23-15(9-18)20-21-17(23)27-10-14-19-16(26-22-14)13-6-3-7-25-13;/h2,4-5,8,13H,3,6-7,9-10,18H2,1H3;1H. The minimum Gasteiger partial charge on any atom is -0.497 e. The molecule has 1 atom stereocenters. The molecule has 4 rings (SSSR count). The Morgan fingerprint density at radius 3 is 3.00 bits per heavy atom. The molecule has 1 unspecified atom stereocenters. The summed E-state index contributed by atoms with van der Waals surface area (Å²) in [6.45, 7) is 1.01. The lowest BCUT2D eigenvalue weighted by molar-refractivity contribution is 0.0835. The summed E-state index contributed by atoms with van der Waals surface area (Å²) in [4.78, 5) is 4.44. The SMILES string of the molecule is COc1cccc(-n2c(CN)nnc2SCc2noc(C3CCCO3)n2)c1.Cl. The molecule has 2 N–H and O–H groups in total. The third kappa shape index (κ3) is 4.30. The quantitative estimate of drug-likeness (QED) is 0.571. The van der Waals surface area contributed by atoms with Gasteiger partial charge in [-0.3, -0.25) is 4.57 Å². The normalized spacial score (nSPS) is 16.1. The number of hydrogen-bond donors (Lipinski definition) is 1. The van der Waals surface area contributed by atoms with Gasteiger partial charge in [0.15, 0.2) is 16.8 Å². The van der Waals surface area contributed by atoms with Crippen molar-refractivity contribution in [3.8, 4) is 11.4 Å². The summed E-state index contributed by atoms with van der Waals surface area (Å²) < 4.78 is 18.1. The molecule has 1 fully saturated rings. The molecule has 3 heterocycles. The molecule has 0 saturated carbocycles. The number of halogens is 1. The molecule has 0 amide bonds. The molecule has 28 heavy (non-hydrogen) atoms. The summed E-state index contributed by atoms with van der Waals surface area (Å²) in [5, 5.41) is 13.2. The molecule has 1 aromatic carbocycles. The van der Waals surface area contributed by atoms with Gasteiger partial charge in [-0.2, -0.15) is 4.98 Å². The summed E-state index contributed by atoms with van der Waals surface area (Å²) in [5.41, 5.74) is 6.72. The average molecular weight is 425 g/mol. The van der Waals surface area contributed by atoms with Crippen LogP contribution in [0.4, 0.5) is 0 Å². The second-order valence-electron chi connectivity index (χ2n) is 5.98. The van der Waals surface area contributed by atoms with Crippen LogP contribution in [0.25, 0.3) is 5.69 Å². The minimum absolute atomic E-state index is 0. The van der Waals surface area contributed by atoms with Gasteiger partial charge in [0.1, 0.15) is 11.9 Å². The van der Waals surface area contributed by atoms with Crippen molar-refractivity contribution in [3.63, 3.8) is 0 Å². The smallest absolute Gasteiger partial charge is 0.255 e. The van der Waals surface area contributed by atoms with E-state index in [0.717, 1.165) is 30.9 Å². The molecule has 1 aliphatic rings. The number of nitrogens with zero attached hydrogens (tertiary/aromatic N) is 5. The highest BCUT2D eigenvalue weighted by Gasteiger charge is 2.24. The first-order valence-electron chi connectivity index (χ1n) is 8.64. The molecule has 0 radical (unpaired) electrons. The van der Waals surface area contributed by atoms with Crippen LogP contribution in [-0.4, -0.2) is 38.6 Å². The van der Waals surface area contributed by atoms with Gasteiger partial charge >= 0.3 is 0 Å². The molecule has 0 bridgehead atoms. The molecule has 150 valence electrons. The highest BCUT2D eigenvalue weighted by molar-refractivity contribution is 7.98. The third-order valence-corrected chi connectivity index (χ3v) is 5.14. The number of rotatable bonds is 7. The number of ether oxygens (including phenoxy) is 2. The Kier molecular flexibility index (Phi) is 6.89. The molecule has 2 aromatic heterocycles. The van der Waals surface area contributed by atoms with E-state index in [1.165, 1.54) is 11.8 Å². The Hall–Kier alpha value is -2.14. The Morgan fingerprint density at radius 2 is 2.25 bits per heavy atom. The monoisotopic (exact) mass is 424 g/mol. The van der Waals surface area contributed by atoms with E-state index in [9.17, 15) is 0 Å². The fourth-order valence-electron chi connectivity index (χ4n) is 2.89. The molecule has 11 heteroatoms. The van der Waals surface area contributed by atoms with Crippen molar-refractivity contribution < 1.29 is 14.0 Å². The molecular formula is C17H21ClN6O3S. The summed E-state index contributed by atoms with van der Waals surface area (Å²) >= 11 is 1.47. The molecule has 3 aromatic rings. The van der Waals surface area contributed by atoms with Gasteiger partial charge in [-0.05, 0) is 25.0 Å². The van der Waals surface area contributed by atoms with Crippen molar-refractivity contribution >= 4 is 24.2 Å². The van der Waals surface area contributed by atoms with E-state index in [-0.39, 0.29) is 25.1 Å². The first kappa shape index (κ1) is 20.6. The maximum Gasteiger partial charge on any atom is 0.255 e. The zero-order valence-corrected chi connectivity index (χ0v) is 16.9. The van der Waals surface area contributed by atoms with Gasteiger partial charge < -0.3 is 19.7 Å². The van der Waals surface area contributed by atoms with Crippen molar-refractivity contribution in [1.29, 1.82) is 0 Å². The first-order chi connectivity index (χ1) is 13.3. The number of benzene rings is 1. The van der Waals surface area contributed by atoms with E-state index < -0.39 is 0 Å². The van der Waals surface area contributed by atoms with Crippen LogP contribution in [0.1, 0.15) is 36.5 Å². The predicted molar refractivity (Wildman–Crippen MR) is 105 cm³/mol. The molecule has 1 aliphatic heterocycles. The predicted octanol–water partition coefficient (Wildman–Crippen LogP) is 2.68. The largest absolute Gasteiger partial charge is 0.497 e. The number of aromatic nitrogens is 5. The fourth-order valence-corrected chi connectivity index (χ4v) is 3.71. The summed E-state index contributed by atoms with van der Waals surface area (Å²) in [5.74, 6) is 3.06. The Labute approximate surface area is 172 Å². The van der Waals surface area contributed by atoms with Crippen molar-refractivity contribution in [3.05, 3.63) is 41.8 Å². The van der Waals surface area contributed by atoms with Crippen LogP contribution in [-0.2, 0) is 17.0 Å². The Bertz CT molecular complexity index is 912. The number of hydrogen-bond acceptors (Lipinski definition) is 9. The maximum atomic E-state index is 5.83. The van der Waals surface area contributed by atoms with E-state index in [0.29, 0.717) is 28.4 Å². The van der Waals surface area contributed by atoms with Gasteiger partial charge in [0, 0.05) is 12.7 Å². The average Bonchev–Trinajstić information content (AvgIpc) is 3.46. The van der Waals surface area contributed by atoms with E-state index in [1.54, 1.807) is 7.11 Å². The second kappa shape index (κ2) is 9.37. The van der Waals surface area contributed by atoms with Crippen LogP contribution >= 0.6 is 24.2 Å². The molecular weight excluding hydrogens is 404 g/mol. The van der Waals surface area contributed by atoms with E-state index in [4.69, 9.17) is 19.7 Å². The minimum atomic E-state index is -0.0828. The molecule has 0 aliphatic carbocycles. The topological polar surface area (TPSA) is 114 Å². The number of nitrogens with two attached hydrogens (primary N) is 1. The van der Waals surface area contributed by atoms with Crippen LogP contribution in [0.2, 0.25) is 0 Å². The highest BCUT2D eigenvalue weighted by atomic mass is 35.5. The Morgan fingerprint density at radius 1 is 1.36 bits per heavy atom. The van der Waals surface area contributed by atoms with Crippen molar-refractivity contribution in [2.75, 3.05) is 13.7 Å². The van der Waals surface area contributed by atoms with E-state index in [1.807, 2.05) is 28.8 Å². The second-order valence-corrected chi connectivity index (χ2v) is 6.92. The number of methoxy groups -OCH3 is 1. The lowest BCUT2D eigenvalue weighted by atomic mass is 10.2. The van der Waals surface area contributed by atoms with Crippen molar-refractivity contribution in [2.45, 2.75) is 36.4 Å². The summed E-state index contributed by atoms with van der Waals surface area (Å²) in [7, 11) is 1.63. The number of thioether (sulfide) groups is 1. The van der Waals surface area contributed by atoms with Crippen LogP contribution in [0.15, 0.2) is 33.9 Å². The van der Waals surface area contributed by atoms with Crippen molar-refractivity contribution in [2.24, 2.45) is 5.73 Å². The maximum absolute atomic E-state index is 5.83. The summed E-state index contributed by atoms with van der Waals surface area (Å²) in [6, 6.07) is 7.67. The molecule has 0 spiro atoms. The van der Waals surface area contributed by atoms with Crippen LogP contribution in [0.3, 0.4) is 0 Å². The van der Waals surface area contributed by atoms with Gasteiger partial charge in [-0.25, -0.2) is 0 Å². The van der Waals surface area contributed by atoms with E-state index in [2.05, 4.69) is 20.3 Å². The zero-order valence-electron chi connectivity index (χ0n) is 15.3. The Balaban J connectivity index is 0.00000225. The van der Waals surface area contributed by atoms with Gasteiger partial charge in [0.05, 0.1) is 25.1 Å². The van der Waals surface area contributed by atoms with Gasteiger partial charge in [-0.15, -0.1) is 22.6 Å². The first-order valence-corrected chi connectivity index (χ1v) is 9.62. The summed E-state index contributed by atoms with van der Waals surface area (Å²) in [6.07, 6.45) is 1.85. The van der Waals surface area contributed by atoms with Gasteiger partial charge in [0.2, 0.25) is 0 Å². The van der Waals surface area contributed by atoms with E-state index >= 15 is 0 Å². The lowest BCUT2D eigenvalue weighted by Crippen LogP contribution is -2.08. The van der Waals surface area contributed by atoms with Crippen LogP contribution in [0, 0.1) is 0 Å². The van der Waals surface area contributed by atoms with Gasteiger partial charge in [-0.1, -0.05) is 23.0 Å². The lowest BCUT2D eigenvalue weighted by Gasteiger charge is -2.10. The third-order valence-electron chi connectivity index (χ3n) is 4.21. The highest BCUT2D eigenvalue weighted by Crippen LogP contribution is 2.29.